The highest BCUT2D eigenvalue weighted by molar-refractivity contribution is 6.71. The molecule has 0 aromatic heterocycles. The summed E-state index contributed by atoms with van der Waals surface area (Å²) in [5.41, 5.74) is 10.2. The maximum absolute atomic E-state index is 13.0. The Morgan fingerprint density at radius 2 is 1.73 bits per heavy atom. The Hall–Kier alpha value is -4.26. The Kier molecular flexibility index (Phi) is 5.79. The van der Waals surface area contributed by atoms with Crippen LogP contribution in [0, 0.1) is 20.8 Å². The van der Waals surface area contributed by atoms with E-state index < -0.39 is 5.97 Å². The van der Waals surface area contributed by atoms with Gasteiger partial charge in [-0.05, 0) is 85.8 Å². The molecule has 0 saturated carbocycles. The van der Waals surface area contributed by atoms with Crippen molar-refractivity contribution in [2.75, 3.05) is 10.4 Å². The molecule has 0 aliphatic carbocycles. The van der Waals surface area contributed by atoms with Crippen LogP contribution in [0.1, 0.15) is 34.0 Å². The summed E-state index contributed by atoms with van der Waals surface area (Å²) in [4.78, 5) is 24.3. The van der Waals surface area contributed by atoms with Gasteiger partial charge >= 0.3 is 11.9 Å². The molecule has 0 saturated heterocycles. The lowest BCUT2D eigenvalue weighted by Crippen LogP contribution is -2.28. The summed E-state index contributed by atoms with van der Waals surface area (Å²) in [6.07, 6.45) is 0. The van der Waals surface area contributed by atoms with E-state index in [1.165, 1.54) is 5.01 Å². The number of amides is 1. The fraction of sp³-hybridized carbons (Fsp3) is 0.154. The molecule has 166 valence electrons. The van der Waals surface area contributed by atoms with Crippen LogP contribution in [0.5, 0.6) is 0 Å². The van der Waals surface area contributed by atoms with Gasteiger partial charge < -0.3 is 5.11 Å². The largest absolute Gasteiger partial charge is 0.478 e. The van der Waals surface area contributed by atoms with Gasteiger partial charge in [0.15, 0.2) is 5.71 Å². The number of benzene rings is 3. The molecular formula is C26H24N4O3. The predicted molar refractivity (Wildman–Crippen MR) is 131 cm³/mol. The van der Waals surface area contributed by atoms with Gasteiger partial charge in [-0.15, -0.1) is 0 Å². The lowest BCUT2D eigenvalue weighted by molar-refractivity contribution is -0.112. The van der Waals surface area contributed by atoms with Gasteiger partial charge in [-0.3, -0.25) is 10.2 Å². The lowest BCUT2D eigenvalue weighted by atomic mass is 9.98. The lowest BCUT2D eigenvalue weighted by Gasteiger charge is -2.13. The number of carbonyl (C=O) groups excluding carboxylic acids is 1. The summed E-state index contributed by atoms with van der Waals surface area (Å²) < 4.78 is 0. The van der Waals surface area contributed by atoms with Crippen molar-refractivity contribution < 1.29 is 14.7 Å². The minimum Gasteiger partial charge on any atom is -0.478 e. The summed E-state index contributed by atoms with van der Waals surface area (Å²) in [6.45, 7) is 7.68. The number of hydrazone groups is 2. The van der Waals surface area contributed by atoms with Gasteiger partial charge in [0.05, 0.1) is 22.6 Å². The quantitative estimate of drug-likeness (QED) is 0.535. The Morgan fingerprint density at radius 1 is 0.970 bits per heavy atom. The Bertz CT molecular complexity index is 1340. The van der Waals surface area contributed by atoms with E-state index in [-0.39, 0.29) is 17.2 Å². The van der Waals surface area contributed by atoms with Crippen molar-refractivity contribution in [1.29, 1.82) is 0 Å². The molecule has 0 unspecified atom stereocenters. The van der Waals surface area contributed by atoms with E-state index in [0.717, 1.165) is 27.8 Å². The molecule has 1 aliphatic rings. The molecule has 4 rings (SSSR count). The van der Waals surface area contributed by atoms with E-state index in [1.807, 2.05) is 63.2 Å². The molecule has 1 amide bonds. The number of anilines is 2. The number of hydrogen-bond donors (Lipinski definition) is 2. The SMILES string of the molecule is CC1=NN(c2ccc(C)c(C)c2)C(=O)/C1=N/Nc1cccc(-c2cccc(C(=O)O)c2)c1C. The minimum absolute atomic E-state index is 0.223. The maximum Gasteiger partial charge on any atom is 0.335 e. The van der Waals surface area contributed by atoms with Crippen LogP contribution in [0.3, 0.4) is 0 Å². The number of rotatable bonds is 5. The van der Waals surface area contributed by atoms with Crippen LogP contribution >= 0.6 is 0 Å². The van der Waals surface area contributed by atoms with E-state index in [1.54, 1.807) is 25.1 Å². The van der Waals surface area contributed by atoms with Crippen LogP contribution in [0.2, 0.25) is 0 Å². The number of nitrogens with zero attached hydrogens (tertiary/aromatic N) is 3. The van der Waals surface area contributed by atoms with Gasteiger partial charge in [-0.2, -0.15) is 15.2 Å². The molecule has 1 heterocycles. The van der Waals surface area contributed by atoms with E-state index in [4.69, 9.17) is 0 Å². The number of aryl methyl sites for hydroxylation is 2. The highest BCUT2D eigenvalue weighted by Crippen LogP contribution is 2.29. The normalized spacial score (nSPS) is 14.5. The van der Waals surface area contributed by atoms with Gasteiger partial charge in [0.2, 0.25) is 0 Å². The van der Waals surface area contributed by atoms with Crippen LogP contribution in [0.25, 0.3) is 11.1 Å². The van der Waals surface area contributed by atoms with Crippen molar-refractivity contribution in [3.05, 3.63) is 82.9 Å². The van der Waals surface area contributed by atoms with Gasteiger partial charge in [0, 0.05) is 0 Å². The highest BCUT2D eigenvalue weighted by Gasteiger charge is 2.31. The summed E-state index contributed by atoms with van der Waals surface area (Å²) in [6, 6.07) is 18.2. The molecule has 33 heavy (non-hydrogen) atoms. The maximum atomic E-state index is 13.0. The highest BCUT2D eigenvalue weighted by atomic mass is 16.4. The van der Waals surface area contributed by atoms with Crippen LogP contribution in [-0.4, -0.2) is 28.4 Å². The first-order valence-electron chi connectivity index (χ1n) is 10.5. The molecule has 0 atom stereocenters. The second-order valence-electron chi connectivity index (χ2n) is 8.01. The van der Waals surface area contributed by atoms with Gasteiger partial charge in [0.25, 0.3) is 0 Å². The van der Waals surface area contributed by atoms with Crippen molar-refractivity contribution in [1.82, 2.24) is 0 Å². The molecule has 0 bridgehead atoms. The zero-order valence-electron chi connectivity index (χ0n) is 18.9. The first-order chi connectivity index (χ1) is 15.8. The van der Waals surface area contributed by atoms with E-state index >= 15 is 0 Å². The number of carbonyl (C=O) groups is 2. The third-order valence-corrected chi connectivity index (χ3v) is 5.77. The van der Waals surface area contributed by atoms with Gasteiger partial charge in [0.1, 0.15) is 0 Å². The number of carboxylic acid groups (broad SMARTS) is 1. The van der Waals surface area contributed by atoms with E-state index in [0.29, 0.717) is 17.1 Å². The fourth-order valence-corrected chi connectivity index (χ4v) is 3.66. The minimum atomic E-state index is -0.974. The Morgan fingerprint density at radius 3 is 2.45 bits per heavy atom. The first kappa shape index (κ1) is 22.0. The van der Waals surface area contributed by atoms with Crippen molar-refractivity contribution in [3.63, 3.8) is 0 Å². The van der Waals surface area contributed by atoms with Crippen molar-refractivity contribution in [2.45, 2.75) is 27.7 Å². The van der Waals surface area contributed by atoms with Crippen LogP contribution < -0.4 is 10.4 Å². The first-order valence-corrected chi connectivity index (χ1v) is 10.5. The predicted octanol–water partition coefficient (Wildman–Crippen LogP) is 5.17. The number of hydrogen-bond acceptors (Lipinski definition) is 5. The summed E-state index contributed by atoms with van der Waals surface area (Å²) >= 11 is 0. The molecule has 0 fully saturated rings. The molecule has 2 N–H and O–H groups in total. The molecule has 1 aliphatic heterocycles. The summed E-state index contributed by atoms with van der Waals surface area (Å²) in [5, 5.41) is 19.4. The van der Waals surface area contributed by atoms with E-state index in [9.17, 15) is 14.7 Å². The molecular weight excluding hydrogens is 416 g/mol. The topological polar surface area (TPSA) is 94.4 Å². The second kappa shape index (κ2) is 8.70. The van der Waals surface area contributed by atoms with Crippen LogP contribution in [-0.2, 0) is 4.79 Å². The monoisotopic (exact) mass is 440 g/mol. The number of nitrogens with one attached hydrogen (secondary N) is 1. The number of aromatic carboxylic acids is 1. The van der Waals surface area contributed by atoms with Crippen LogP contribution in [0.4, 0.5) is 11.4 Å². The molecule has 3 aromatic rings. The smallest absolute Gasteiger partial charge is 0.335 e. The van der Waals surface area contributed by atoms with Crippen molar-refractivity contribution in [3.8, 4) is 11.1 Å². The average Bonchev–Trinajstić information content (AvgIpc) is 3.08. The third kappa shape index (κ3) is 4.25. The Balaban J connectivity index is 1.61. The van der Waals surface area contributed by atoms with E-state index in [2.05, 4.69) is 15.6 Å². The second-order valence-corrected chi connectivity index (χ2v) is 8.01. The Labute approximate surface area is 192 Å². The molecule has 7 heteroatoms. The summed E-state index contributed by atoms with van der Waals surface area (Å²) in [7, 11) is 0. The molecule has 0 spiro atoms. The van der Waals surface area contributed by atoms with Crippen LogP contribution in [0.15, 0.2) is 70.9 Å². The molecule has 7 nitrogen and oxygen atoms in total. The standard InChI is InChI=1S/C26H24N4O3/c1-15-11-12-21(13-16(15)2)30-25(31)24(18(4)29-30)28-27-23-10-6-9-22(17(23)3)19-7-5-8-20(14-19)26(32)33/h5-14,27H,1-4H3,(H,32,33)/b28-24+. The fourth-order valence-electron chi connectivity index (χ4n) is 3.66. The zero-order chi connectivity index (χ0) is 23.7. The average molecular weight is 441 g/mol. The third-order valence-electron chi connectivity index (χ3n) is 5.77. The van der Waals surface area contributed by atoms with Gasteiger partial charge in [-0.1, -0.05) is 30.3 Å². The van der Waals surface area contributed by atoms with Crippen molar-refractivity contribution in [2.24, 2.45) is 10.2 Å². The molecule has 3 aromatic carbocycles. The summed E-state index contributed by atoms with van der Waals surface area (Å²) in [5.74, 6) is -1.27. The molecule has 0 radical (unpaired) electrons. The van der Waals surface area contributed by atoms with Gasteiger partial charge in [-0.25, -0.2) is 4.79 Å². The van der Waals surface area contributed by atoms with Crippen molar-refractivity contribution >= 4 is 34.7 Å². The zero-order valence-corrected chi connectivity index (χ0v) is 18.9. The number of carboxylic acids is 1.